The van der Waals surface area contributed by atoms with Crippen LogP contribution in [-0.4, -0.2) is 32.3 Å². The molecule has 0 aliphatic rings. The van der Waals surface area contributed by atoms with Crippen molar-refractivity contribution in [2.45, 2.75) is 32.0 Å². The lowest BCUT2D eigenvalue weighted by Gasteiger charge is -2.21. The average molecular weight is 490 g/mol. The molecule has 0 spiro atoms. The highest BCUT2D eigenvalue weighted by Gasteiger charge is 2.25. The molecule has 0 radical (unpaired) electrons. The number of nitrogens with one attached hydrogen (secondary N) is 2. The molecule has 2 amide bonds. The van der Waals surface area contributed by atoms with E-state index < -0.39 is 5.82 Å². The Morgan fingerprint density at radius 3 is 2.52 bits per heavy atom. The van der Waals surface area contributed by atoms with Crippen molar-refractivity contribution in [2.24, 2.45) is 13.0 Å². The summed E-state index contributed by atoms with van der Waals surface area (Å²) < 4.78 is 15.2. The number of benzene rings is 2. The Morgan fingerprint density at radius 1 is 1.15 bits per heavy atom. The lowest BCUT2D eigenvalue weighted by molar-refractivity contribution is -0.113. The quantitative estimate of drug-likeness (QED) is 0.445. The van der Waals surface area contributed by atoms with Crippen LogP contribution in [0.3, 0.4) is 0 Å². The SMILES string of the molecule is Cc1ccc(F)cc1NC(=O)CSc1nnc([C@@H](NC(=O)c2ccc(Cl)cc2)C(C)C)n1C. The Kier molecular flexibility index (Phi) is 8.10. The van der Waals surface area contributed by atoms with Crippen LogP contribution in [0, 0.1) is 18.7 Å². The minimum atomic E-state index is -0.415. The van der Waals surface area contributed by atoms with E-state index in [9.17, 15) is 14.0 Å². The first-order valence-electron chi connectivity index (χ1n) is 10.3. The molecule has 7 nitrogen and oxygen atoms in total. The van der Waals surface area contributed by atoms with E-state index in [2.05, 4.69) is 20.8 Å². The Balaban J connectivity index is 1.67. The van der Waals surface area contributed by atoms with Crippen molar-refractivity contribution < 1.29 is 14.0 Å². The maximum atomic E-state index is 13.4. The van der Waals surface area contributed by atoms with Crippen molar-refractivity contribution in [3.63, 3.8) is 0 Å². The van der Waals surface area contributed by atoms with Crippen LogP contribution in [0.4, 0.5) is 10.1 Å². The van der Waals surface area contributed by atoms with E-state index in [1.54, 1.807) is 48.9 Å². The van der Waals surface area contributed by atoms with Gasteiger partial charge in [0.05, 0.1) is 11.8 Å². The molecule has 0 fully saturated rings. The highest BCUT2D eigenvalue weighted by molar-refractivity contribution is 7.99. The summed E-state index contributed by atoms with van der Waals surface area (Å²) in [5.74, 6) is -0.243. The number of hydrogen-bond acceptors (Lipinski definition) is 5. The molecule has 1 heterocycles. The zero-order valence-electron chi connectivity index (χ0n) is 18.7. The van der Waals surface area contributed by atoms with E-state index >= 15 is 0 Å². The van der Waals surface area contributed by atoms with Gasteiger partial charge in [0, 0.05) is 23.3 Å². The highest BCUT2D eigenvalue weighted by atomic mass is 35.5. The van der Waals surface area contributed by atoms with E-state index in [4.69, 9.17) is 11.6 Å². The number of hydrogen-bond donors (Lipinski definition) is 2. The number of rotatable bonds is 8. The zero-order chi connectivity index (χ0) is 24.1. The average Bonchev–Trinajstić information content (AvgIpc) is 3.13. The number of thioether (sulfide) groups is 1. The number of aromatic nitrogens is 3. The molecule has 33 heavy (non-hydrogen) atoms. The topological polar surface area (TPSA) is 88.9 Å². The Hall–Kier alpha value is -2.91. The fourth-order valence-corrected chi connectivity index (χ4v) is 3.97. The molecule has 2 aromatic carbocycles. The molecule has 3 aromatic rings. The van der Waals surface area contributed by atoms with Crippen LogP contribution in [0.5, 0.6) is 0 Å². The van der Waals surface area contributed by atoms with Crippen LogP contribution in [0.15, 0.2) is 47.6 Å². The Bertz CT molecular complexity index is 1150. The molecular formula is C23H25ClFN5O2S. The minimum Gasteiger partial charge on any atom is -0.342 e. The van der Waals surface area contributed by atoms with Gasteiger partial charge in [-0.1, -0.05) is 43.3 Å². The lowest BCUT2D eigenvalue weighted by Crippen LogP contribution is -2.33. The molecule has 0 saturated carbocycles. The molecule has 2 N–H and O–H groups in total. The fourth-order valence-electron chi connectivity index (χ4n) is 3.12. The van der Waals surface area contributed by atoms with Crippen molar-refractivity contribution >= 4 is 40.9 Å². The molecule has 0 aliphatic carbocycles. The predicted octanol–water partition coefficient (Wildman–Crippen LogP) is 4.77. The van der Waals surface area contributed by atoms with Crippen LogP contribution in [-0.2, 0) is 11.8 Å². The molecule has 1 atom stereocenters. The third-order valence-corrected chi connectivity index (χ3v) is 6.28. The van der Waals surface area contributed by atoms with Crippen LogP contribution in [0.1, 0.15) is 41.6 Å². The van der Waals surface area contributed by atoms with Gasteiger partial charge in [-0.2, -0.15) is 0 Å². The standard InChI is InChI=1S/C23H25ClFN5O2S/c1-13(2)20(27-22(32)15-6-8-16(24)9-7-15)21-28-29-23(30(21)4)33-12-19(31)26-18-11-17(25)10-5-14(18)3/h5-11,13,20H,12H2,1-4H3,(H,26,31)(H,27,32)/t20-/m0/s1. The van der Waals surface area contributed by atoms with Gasteiger partial charge < -0.3 is 15.2 Å². The van der Waals surface area contributed by atoms with Gasteiger partial charge in [0.2, 0.25) is 5.91 Å². The summed E-state index contributed by atoms with van der Waals surface area (Å²) >= 11 is 7.11. The smallest absolute Gasteiger partial charge is 0.251 e. The summed E-state index contributed by atoms with van der Waals surface area (Å²) in [5.41, 5.74) is 1.70. The maximum Gasteiger partial charge on any atom is 0.251 e. The van der Waals surface area contributed by atoms with E-state index in [-0.39, 0.29) is 29.5 Å². The predicted molar refractivity (Wildman–Crippen MR) is 128 cm³/mol. The van der Waals surface area contributed by atoms with Crippen LogP contribution >= 0.6 is 23.4 Å². The van der Waals surface area contributed by atoms with Crippen molar-refractivity contribution in [1.29, 1.82) is 0 Å². The monoisotopic (exact) mass is 489 g/mol. The van der Waals surface area contributed by atoms with Crippen LogP contribution in [0.2, 0.25) is 5.02 Å². The van der Waals surface area contributed by atoms with E-state index in [0.29, 0.717) is 27.3 Å². The van der Waals surface area contributed by atoms with Crippen molar-refractivity contribution in [2.75, 3.05) is 11.1 Å². The normalized spacial score (nSPS) is 12.0. The molecule has 10 heteroatoms. The molecule has 0 bridgehead atoms. The zero-order valence-corrected chi connectivity index (χ0v) is 20.3. The second-order valence-corrected chi connectivity index (χ2v) is 9.28. The Labute approximate surface area is 201 Å². The van der Waals surface area contributed by atoms with E-state index in [1.807, 2.05) is 13.8 Å². The number of nitrogens with zero attached hydrogens (tertiary/aromatic N) is 3. The second kappa shape index (κ2) is 10.8. The van der Waals surface area contributed by atoms with Crippen molar-refractivity contribution in [3.8, 4) is 0 Å². The number of halogens is 2. The molecular weight excluding hydrogens is 465 g/mol. The van der Waals surface area contributed by atoms with Gasteiger partial charge in [0.25, 0.3) is 5.91 Å². The second-order valence-electron chi connectivity index (χ2n) is 7.90. The molecule has 0 unspecified atom stereocenters. The van der Waals surface area contributed by atoms with Crippen LogP contribution in [0.25, 0.3) is 0 Å². The van der Waals surface area contributed by atoms with Gasteiger partial charge in [-0.3, -0.25) is 9.59 Å². The van der Waals surface area contributed by atoms with Gasteiger partial charge >= 0.3 is 0 Å². The van der Waals surface area contributed by atoms with Gasteiger partial charge in [-0.15, -0.1) is 10.2 Å². The fraction of sp³-hybridized carbons (Fsp3) is 0.304. The van der Waals surface area contributed by atoms with Gasteiger partial charge in [-0.05, 0) is 54.8 Å². The summed E-state index contributed by atoms with van der Waals surface area (Å²) in [6, 6.07) is 10.5. The van der Waals surface area contributed by atoms with Gasteiger partial charge in [-0.25, -0.2) is 4.39 Å². The number of anilines is 1. The molecule has 3 rings (SSSR count). The number of amides is 2. The van der Waals surface area contributed by atoms with E-state index in [0.717, 1.165) is 5.56 Å². The first-order chi connectivity index (χ1) is 15.7. The first kappa shape index (κ1) is 24.7. The Morgan fingerprint density at radius 2 is 1.85 bits per heavy atom. The molecule has 0 saturated heterocycles. The lowest BCUT2D eigenvalue weighted by atomic mass is 10.0. The number of carbonyl (C=O) groups is 2. The number of carbonyl (C=O) groups excluding carboxylic acids is 2. The first-order valence-corrected chi connectivity index (χ1v) is 11.7. The summed E-state index contributed by atoms with van der Waals surface area (Å²) in [4.78, 5) is 25.1. The van der Waals surface area contributed by atoms with Crippen molar-refractivity contribution in [1.82, 2.24) is 20.1 Å². The molecule has 174 valence electrons. The largest absolute Gasteiger partial charge is 0.342 e. The maximum absolute atomic E-state index is 13.4. The highest BCUT2D eigenvalue weighted by Crippen LogP contribution is 2.25. The minimum absolute atomic E-state index is 0.0428. The van der Waals surface area contributed by atoms with Crippen molar-refractivity contribution in [3.05, 3.63) is 70.3 Å². The summed E-state index contributed by atoms with van der Waals surface area (Å²) in [6.45, 7) is 5.74. The summed E-state index contributed by atoms with van der Waals surface area (Å²) in [6.07, 6.45) is 0. The van der Waals surface area contributed by atoms with E-state index in [1.165, 1.54) is 23.9 Å². The summed E-state index contributed by atoms with van der Waals surface area (Å²) in [5, 5.41) is 15.2. The van der Waals surface area contributed by atoms with Gasteiger partial charge in [0.15, 0.2) is 11.0 Å². The van der Waals surface area contributed by atoms with Crippen LogP contribution < -0.4 is 10.6 Å². The summed E-state index contributed by atoms with van der Waals surface area (Å²) in [7, 11) is 1.79. The number of aryl methyl sites for hydroxylation is 1. The third kappa shape index (κ3) is 6.33. The molecule has 0 aliphatic heterocycles. The van der Waals surface area contributed by atoms with Gasteiger partial charge in [0.1, 0.15) is 5.82 Å². The third-order valence-electron chi connectivity index (χ3n) is 5.01. The molecule has 1 aromatic heterocycles.